The first-order chi connectivity index (χ1) is 13.5. The molecule has 1 heterocycles. The number of ether oxygens (including phenoxy) is 1. The molecule has 0 bridgehead atoms. The van der Waals surface area contributed by atoms with Gasteiger partial charge in [-0.1, -0.05) is 12.1 Å². The van der Waals surface area contributed by atoms with Crippen molar-refractivity contribution in [2.24, 2.45) is 5.92 Å². The van der Waals surface area contributed by atoms with Crippen LogP contribution in [-0.4, -0.2) is 48.5 Å². The van der Waals surface area contributed by atoms with Crippen molar-refractivity contribution < 1.29 is 19.1 Å². The second-order valence-corrected chi connectivity index (χ2v) is 7.18. The number of benzene rings is 1. The molecular weight excluding hydrogens is 358 g/mol. The van der Waals surface area contributed by atoms with E-state index in [2.05, 4.69) is 10.6 Å². The van der Waals surface area contributed by atoms with Crippen LogP contribution in [0.5, 0.6) is 0 Å². The molecule has 7 heteroatoms. The smallest absolute Gasteiger partial charge is 0.330 e. The third kappa shape index (κ3) is 5.84. The first-order valence-electron chi connectivity index (χ1n) is 9.86. The SMILES string of the molecule is CCOC(=O)/C=C\c1ccc(NC(=O)NC2CCN(C(=O)C3CC3)CC2)cc1. The lowest BCUT2D eigenvalue weighted by atomic mass is 10.0. The maximum Gasteiger partial charge on any atom is 0.330 e. The number of nitrogens with one attached hydrogen (secondary N) is 2. The van der Waals surface area contributed by atoms with Gasteiger partial charge in [0, 0.05) is 36.8 Å². The number of likely N-dealkylation sites (tertiary alicyclic amines) is 1. The zero-order valence-corrected chi connectivity index (χ0v) is 16.1. The molecule has 1 aliphatic carbocycles. The van der Waals surface area contributed by atoms with E-state index in [0.29, 0.717) is 25.4 Å². The van der Waals surface area contributed by atoms with Gasteiger partial charge in [-0.05, 0) is 56.4 Å². The molecule has 2 fully saturated rings. The molecule has 1 aromatic carbocycles. The van der Waals surface area contributed by atoms with E-state index in [9.17, 15) is 14.4 Å². The van der Waals surface area contributed by atoms with Gasteiger partial charge in [0.2, 0.25) is 5.91 Å². The zero-order valence-electron chi connectivity index (χ0n) is 16.1. The molecule has 0 aromatic heterocycles. The van der Waals surface area contributed by atoms with Crippen molar-refractivity contribution in [3.8, 4) is 0 Å². The van der Waals surface area contributed by atoms with Crippen LogP contribution in [0.15, 0.2) is 30.3 Å². The van der Waals surface area contributed by atoms with Gasteiger partial charge in [-0.25, -0.2) is 9.59 Å². The number of urea groups is 1. The first-order valence-corrected chi connectivity index (χ1v) is 9.86. The Morgan fingerprint density at radius 1 is 1.11 bits per heavy atom. The minimum atomic E-state index is -0.381. The topological polar surface area (TPSA) is 87.7 Å². The number of rotatable bonds is 6. The number of nitrogens with zero attached hydrogens (tertiary/aromatic N) is 1. The quantitative estimate of drug-likeness (QED) is 0.582. The Morgan fingerprint density at radius 3 is 2.39 bits per heavy atom. The van der Waals surface area contributed by atoms with Crippen LogP contribution < -0.4 is 10.6 Å². The number of carbonyl (C=O) groups is 3. The summed E-state index contributed by atoms with van der Waals surface area (Å²) in [6, 6.07) is 7.01. The van der Waals surface area contributed by atoms with E-state index in [4.69, 9.17) is 4.74 Å². The van der Waals surface area contributed by atoms with Crippen LogP contribution in [0.4, 0.5) is 10.5 Å². The Bertz CT molecular complexity index is 733. The van der Waals surface area contributed by atoms with Crippen LogP contribution in [0.2, 0.25) is 0 Å². The van der Waals surface area contributed by atoms with Gasteiger partial charge in [-0.2, -0.15) is 0 Å². The Hall–Kier alpha value is -2.83. The summed E-state index contributed by atoms with van der Waals surface area (Å²) in [5.41, 5.74) is 1.51. The van der Waals surface area contributed by atoms with Crippen molar-refractivity contribution in [3.05, 3.63) is 35.9 Å². The van der Waals surface area contributed by atoms with Crippen LogP contribution in [-0.2, 0) is 14.3 Å². The maximum absolute atomic E-state index is 12.2. The number of amides is 3. The molecule has 2 N–H and O–H groups in total. The molecule has 1 aromatic rings. The molecule has 1 saturated heterocycles. The Morgan fingerprint density at radius 2 is 1.79 bits per heavy atom. The van der Waals surface area contributed by atoms with Crippen molar-refractivity contribution in [3.63, 3.8) is 0 Å². The molecule has 7 nitrogen and oxygen atoms in total. The maximum atomic E-state index is 12.2. The molecule has 0 atom stereocenters. The monoisotopic (exact) mass is 385 g/mol. The van der Waals surface area contributed by atoms with Crippen LogP contribution >= 0.6 is 0 Å². The van der Waals surface area contributed by atoms with Crippen LogP contribution in [0.1, 0.15) is 38.2 Å². The Balaban J connectivity index is 1.41. The summed E-state index contributed by atoms with van der Waals surface area (Å²) in [5.74, 6) is 0.150. The van der Waals surface area contributed by atoms with Gasteiger partial charge in [0.15, 0.2) is 0 Å². The average molecular weight is 385 g/mol. The van der Waals surface area contributed by atoms with Gasteiger partial charge in [-0.15, -0.1) is 0 Å². The summed E-state index contributed by atoms with van der Waals surface area (Å²) < 4.78 is 4.83. The van der Waals surface area contributed by atoms with Crippen molar-refractivity contribution >= 4 is 29.7 Å². The molecule has 0 unspecified atom stereocenters. The van der Waals surface area contributed by atoms with Crippen LogP contribution in [0, 0.1) is 5.92 Å². The van der Waals surface area contributed by atoms with Gasteiger partial charge in [-0.3, -0.25) is 4.79 Å². The molecule has 0 spiro atoms. The highest BCUT2D eigenvalue weighted by Gasteiger charge is 2.35. The molecule has 3 rings (SSSR count). The lowest BCUT2D eigenvalue weighted by Crippen LogP contribution is -2.47. The molecule has 3 amide bonds. The number of hydrogen-bond donors (Lipinski definition) is 2. The summed E-state index contributed by atoms with van der Waals surface area (Å²) >= 11 is 0. The largest absolute Gasteiger partial charge is 0.463 e. The van der Waals surface area contributed by atoms with Crippen molar-refractivity contribution in [2.45, 2.75) is 38.6 Å². The molecule has 28 heavy (non-hydrogen) atoms. The van der Waals surface area contributed by atoms with Crippen molar-refractivity contribution in [1.82, 2.24) is 10.2 Å². The van der Waals surface area contributed by atoms with Crippen LogP contribution in [0.25, 0.3) is 6.08 Å². The lowest BCUT2D eigenvalue weighted by molar-refractivity contribution is -0.137. The second-order valence-electron chi connectivity index (χ2n) is 7.18. The normalized spacial score (nSPS) is 17.4. The molecular formula is C21H27N3O4. The van der Waals surface area contributed by atoms with E-state index in [0.717, 1.165) is 31.2 Å². The number of carbonyl (C=O) groups excluding carboxylic acids is 3. The van der Waals surface area contributed by atoms with Gasteiger partial charge in [0.25, 0.3) is 0 Å². The highest BCUT2D eigenvalue weighted by atomic mass is 16.5. The standard InChI is InChI=1S/C21H27N3O4/c1-2-28-19(25)10-5-15-3-8-17(9-4-15)22-21(27)23-18-11-13-24(14-12-18)20(26)16-6-7-16/h3-5,8-10,16,18H,2,6-7,11-14H2,1H3,(H2,22,23,27)/b10-5-. The zero-order chi connectivity index (χ0) is 19.9. The molecule has 1 aliphatic heterocycles. The summed E-state index contributed by atoms with van der Waals surface area (Å²) in [6.45, 7) is 3.52. The minimum absolute atomic E-state index is 0.0787. The first kappa shape index (κ1) is 19.9. The number of piperidine rings is 1. The van der Waals surface area contributed by atoms with Crippen molar-refractivity contribution in [2.75, 3.05) is 25.0 Å². The number of hydrogen-bond acceptors (Lipinski definition) is 4. The van der Waals surface area contributed by atoms with E-state index in [1.807, 2.05) is 17.0 Å². The van der Waals surface area contributed by atoms with E-state index in [-0.39, 0.29) is 29.9 Å². The highest BCUT2D eigenvalue weighted by molar-refractivity contribution is 5.90. The molecule has 2 aliphatic rings. The van der Waals surface area contributed by atoms with Crippen molar-refractivity contribution in [1.29, 1.82) is 0 Å². The molecule has 150 valence electrons. The van der Waals surface area contributed by atoms with E-state index >= 15 is 0 Å². The Labute approximate surface area is 165 Å². The third-order valence-corrected chi connectivity index (χ3v) is 4.94. The van der Waals surface area contributed by atoms with Gasteiger partial charge in [0.05, 0.1) is 6.61 Å². The van der Waals surface area contributed by atoms with Gasteiger partial charge >= 0.3 is 12.0 Å². The predicted molar refractivity (Wildman–Crippen MR) is 107 cm³/mol. The number of anilines is 1. The van der Waals surface area contributed by atoms with Gasteiger partial charge < -0.3 is 20.3 Å². The molecule has 0 radical (unpaired) electrons. The second kappa shape index (κ2) is 9.39. The highest BCUT2D eigenvalue weighted by Crippen LogP contribution is 2.31. The predicted octanol–water partition coefficient (Wildman–Crippen LogP) is 2.79. The fraction of sp³-hybridized carbons (Fsp3) is 0.476. The fourth-order valence-electron chi connectivity index (χ4n) is 3.22. The Kier molecular flexibility index (Phi) is 6.68. The average Bonchev–Trinajstić information content (AvgIpc) is 3.53. The summed E-state index contributed by atoms with van der Waals surface area (Å²) in [5, 5.41) is 5.79. The van der Waals surface area contributed by atoms with E-state index in [1.54, 1.807) is 25.1 Å². The van der Waals surface area contributed by atoms with Gasteiger partial charge in [0.1, 0.15) is 0 Å². The summed E-state index contributed by atoms with van der Waals surface area (Å²) in [6.07, 6.45) is 6.65. The molecule has 1 saturated carbocycles. The van der Waals surface area contributed by atoms with Crippen LogP contribution in [0.3, 0.4) is 0 Å². The summed E-state index contributed by atoms with van der Waals surface area (Å²) in [7, 11) is 0. The van der Waals surface area contributed by atoms with E-state index < -0.39 is 0 Å². The van der Waals surface area contributed by atoms with E-state index in [1.165, 1.54) is 6.08 Å². The fourth-order valence-corrected chi connectivity index (χ4v) is 3.22. The minimum Gasteiger partial charge on any atom is -0.463 e. The summed E-state index contributed by atoms with van der Waals surface area (Å²) in [4.78, 5) is 37.5. The number of esters is 1. The third-order valence-electron chi connectivity index (χ3n) is 4.94. The lowest BCUT2D eigenvalue weighted by Gasteiger charge is -2.32.